The highest BCUT2D eigenvalue weighted by Crippen LogP contribution is 1.99. The van der Waals surface area contributed by atoms with Crippen LogP contribution in [0.5, 0.6) is 0 Å². The van der Waals surface area contributed by atoms with E-state index in [1.54, 1.807) is 18.5 Å². The van der Waals surface area contributed by atoms with E-state index < -0.39 is 0 Å². The number of nitrogens with one attached hydrogen (secondary N) is 1. The van der Waals surface area contributed by atoms with Crippen molar-refractivity contribution >= 4 is 23.5 Å². The number of allylic oxidation sites excluding steroid dienone is 1. The lowest BCUT2D eigenvalue weighted by molar-refractivity contribution is -0.112. The van der Waals surface area contributed by atoms with Crippen LogP contribution < -0.4 is 0 Å². The normalized spacial score (nSPS) is 10.6. The third kappa shape index (κ3) is 2.60. The molecule has 58 valence electrons. The Balaban J connectivity index is 2.55. The molecule has 0 atom stereocenters. The van der Waals surface area contributed by atoms with E-state index in [0.29, 0.717) is 0 Å². The van der Waals surface area contributed by atoms with Crippen molar-refractivity contribution in [1.29, 1.82) is 0 Å². The van der Waals surface area contributed by atoms with Gasteiger partial charge in [0.1, 0.15) is 0 Å². The molecule has 0 fully saturated rings. The molecule has 1 N–H and O–H groups in total. The molecule has 0 saturated heterocycles. The van der Waals surface area contributed by atoms with E-state index in [-0.39, 0.29) is 11.7 Å². The lowest BCUT2D eigenvalue weighted by Gasteiger charge is -1.82. The van der Waals surface area contributed by atoms with Crippen molar-refractivity contribution in [3.05, 3.63) is 30.1 Å². The van der Waals surface area contributed by atoms with Crippen LogP contribution in [-0.4, -0.2) is 16.6 Å². The van der Waals surface area contributed by atoms with E-state index in [0.717, 1.165) is 5.56 Å². The molecule has 0 aromatic carbocycles. The van der Waals surface area contributed by atoms with Crippen molar-refractivity contribution in [3.63, 3.8) is 0 Å². The zero-order chi connectivity index (χ0) is 8.10. The van der Waals surface area contributed by atoms with Crippen molar-refractivity contribution in [2.24, 2.45) is 0 Å². The Bertz CT molecular complexity index is 251. The first-order valence-electron chi connectivity index (χ1n) is 3.22. The highest BCUT2D eigenvalue weighted by molar-refractivity contribution is 6.29. The molecule has 1 aromatic heterocycles. The van der Waals surface area contributed by atoms with Crippen LogP contribution in [-0.2, 0) is 4.79 Å². The van der Waals surface area contributed by atoms with Gasteiger partial charge in [-0.2, -0.15) is 0 Å². The van der Waals surface area contributed by atoms with Gasteiger partial charge in [-0.1, -0.05) is 0 Å². The molecule has 1 rings (SSSR count). The summed E-state index contributed by atoms with van der Waals surface area (Å²) in [6.07, 6.45) is 6.79. The molecule has 11 heavy (non-hydrogen) atoms. The molecule has 1 aromatic rings. The van der Waals surface area contributed by atoms with Crippen molar-refractivity contribution in [2.45, 2.75) is 0 Å². The molecule has 3 heteroatoms. The summed E-state index contributed by atoms with van der Waals surface area (Å²) in [7, 11) is 0. The Hall–Kier alpha value is -1.02. The molecule has 1 heterocycles. The van der Waals surface area contributed by atoms with Crippen LogP contribution in [0.15, 0.2) is 24.5 Å². The van der Waals surface area contributed by atoms with Gasteiger partial charge < -0.3 is 4.98 Å². The van der Waals surface area contributed by atoms with Crippen molar-refractivity contribution < 1.29 is 4.79 Å². The Morgan fingerprint density at radius 3 is 3.09 bits per heavy atom. The average Bonchev–Trinajstić information content (AvgIpc) is 2.52. The minimum absolute atomic E-state index is 0.0426. The molecule has 2 nitrogen and oxygen atoms in total. The monoisotopic (exact) mass is 169 g/mol. The molecule has 0 unspecified atom stereocenters. The minimum Gasteiger partial charge on any atom is -0.367 e. The minimum atomic E-state index is -0.0760. The number of hydrogen-bond donors (Lipinski definition) is 1. The third-order valence-electron chi connectivity index (χ3n) is 1.22. The highest BCUT2D eigenvalue weighted by Gasteiger charge is 1.90. The lowest BCUT2D eigenvalue weighted by Crippen LogP contribution is -1.91. The zero-order valence-electron chi connectivity index (χ0n) is 5.88. The number of alkyl halides is 1. The van der Waals surface area contributed by atoms with Gasteiger partial charge in [-0.3, -0.25) is 4.79 Å². The molecule has 0 radical (unpaired) electrons. The van der Waals surface area contributed by atoms with E-state index in [1.165, 1.54) is 6.08 Å². The Morgan fingerprint density at radius 2 is 2.55 bits per heavy atom. The molecule has 0 spiro atoms. The molecule has 0 aliphatic rings. The number of aromatic amines is 1. The Labute approximate surface area is 69.9 Å². The number of halogens is 1. The van der Waals surface area contributed by atoms with Crippen LogP contribution >= 0.6 is 11.6 Å². The summed E-state index contributed by atoms with van der Waals surface area (Å²) in [6.45, 7) is 0. The second-order valence-electron chi connectivity index (χ2n) is 2.08. The van der Waals surface area contributed by atoms with Gasteiger partial charge in [0.15, 0.2) is 5.78 Å². The Morgan fingerprint density at radius 1 is 1.73 bits per heavy atom. The molecule has 0 aliphatic heterocycles. The van der Waals surface area contributed by atoms with Gasteiger partial charge in [0, 0.05) is 12.4 Å². The first-order valence-corrected chi connectivity index (χ1v) is 3.76. The third-order valence-corrected chi connectivity index (χ3v) is 1.48. The summed E-state index contributed by atoms with van der Waals surface area (Å²) >= 11 is 5.28. The molecule has 0 saturated carbocycles. The topological polar surface area (TPSA) is 32.9 Å². The predicted octanol–water partition coefficient (Wildman–Crippen LogP) is 1.84. The van der Waals surface area contributed by atoms with E-state index in [9.17, 15) is 4.79 Å². The van der Waals surface area contributed by atoms with E-state index >= 15 is 0 Å². The highest BCUT2D eigenvalue weighted by atomic mass is 35.5. The van der Waals surface area contributed by atoms with Gasteiger partial charge in [-0.05, 0) is 23.8 Å². The SMILES string of the molecule is O=C(/C=C/c1cc[nH]c1)CCl. The number of carbonyl (C=O) groups is 1. The van der Waals surface area contributed by atoms with Crippen LogP contribution in [0.2, 0.25) is 0 Å². The van der Waals surface area contributed by atoms with Crippen molar-refractivity contribution in [2.75, 3.05) is 5.88 Å². The lowest BCUT2D eigenvalue weighted by atomic mass is 10.3. The zero-order valence-corrected chi connectivity index (χ0v) is 6.64. The van der Waals surface area contributed by atoms with Gasteiger partial charge in [-0.25, -0.2) is 0 Å². The summed E-state index contributed by atoms with van der Waals surface area (Å²) in [4.78, 5) is 13.6. The quantitative estimate of drug-likeness (QED) is 0.544. The van der Waals surface area contributed by atoms with E-state index in [1.807, 2.05) is 6.07 Å². The second kappa shape index (κ2) is 3.98. The Kier molecular flexibility index (Phi) is 2.93. The van der Waals surface area contributed by atoms with Gasteiger partial charge in [0.25, 0.3) is 0 Å². The van der Waals surface area contributed by atoms with Crippen molar-refractivity contribution in [1.82, 2.24) is 4.98 Å². The summed E-state index contributed by atoms with van der Waals surface area (Å²) in [6, 6.07) is 1.87. The second-order valence-corrected chi connectivity index (χ2v) is 2.34. The maximum Gasteiger partial charge on any atom is 0.170 e. The van der Waals surface area contributed by atoms with Gasteiger partial charge in [-0.15, -0.1) is 11.6 Å². The van der Waals surface area contributed by atoms with Gasteiger partial charge >= 0.3 is 0 Å². The van der Waals surface area contributed by atoms with Crippen LogP contribution in [0.25, 0.3) is 6.08 Å². The largest absolute Gasteiger partial charge is 0.367 e. The molecule has 0 aliphatic carbocycles. The summed E-state index contributed by atoms with van der Waals surface area (Å²) in [5.41, 5.74) is 0.975. The first kappa shape index (κ1) is 8.08. The smallest absolute Gasteiger partial charge is 0.170 e. The predicted molar refractivity (Wildman–Crippen MR) is 45.6 cm³/mol. The number of aromatic nitrogens is 1. The summed E-state index contributed by atoms with van der Waals surface area (Å²) < 4.78 is 0. The molecular weight excluding hydrogens is 162 g/mol. The van der Waals surface area contributed by atoms with E-state index in [4.69, 9.17) is 11.6 Å². The van der Waals surface area contributed by atoms with Crippen LogP contribution in [0.1, 0.15) is 5.56 Å². The number of hydrogen-bond acceptors (Lipinski definition) is 1. The number of carbonyl (C=O) groups excluding carboxylic acids is 1. The summed E-state index contributed by atoms with van der Waals surface area (Å²) in [5.74, 6) is -0.0335. The number of H-pyrrole nitrogens is 1. The van der Waals surface area contributed by atoms with Gasteiger partial charge in [0.05, 0.1) is 5.88 Å². The average molecular weight is 170 g/mol. The fourth-order valence-electron chi connectivity index (χ4n) is 0.674. The standard InChI is InChI=1S/C8H8ClNO/c9-5-8(11)2-1-7-3-4-10-6-7/h1-4,6,10H,5H2/b2-1+. The fourth-order valence-corrected chi connectivity index (χ4v) is 0.763. The van der Waals surface area contributed by atoms with E-state index in [2.05, 4.69) is 4.98 Å². The number of ketones is 1. The van der Waals surface area contributed by atoms with Crippen LogP contribution in [0.3, 0.4) is 0 Å². The van der Waals surface area contributed by atoms with Crippen LogP contribution in [0.4, 0.5) is 0 Å². The van der Waals surface area contributed by atoms with Crippen molar-refractivity contribution in [3.8, 4) is 0 Å². The van der Waals surface area contributed by atoms with Crippen LogP contribution in [0, 0.1) is 0 Å². The first-order chi connectivity index (χ1) is 5.33. The molecular formula is C8H8ClNO. The number of rotatable bonds is 3. The maximum absolute atomic E-state index is 10.7. The summed E-state index contributed by atoms with van der Waals surface area (Å²) in [5, 5.41) is 0. The fraction of sp³-hybridized carbons (Fsp3) is 0.125. The molecule has 0 bridgehead atoms. The maximum atomic E-state index is 10.7. The van der Waals surface area contributed by atoms with Gasteiger partial charge in [0.2, 0.25) is 0 Å². The molecule has 0 amide bonds.